The van der Waals surface area contributed by atoms with Gasteiger partial charge in [0.25, 0.3) is 0 Å². The predicted molar refractivity (Wildman–Crippen MR) is 90.8 cm³/mol. The number of benzene rings is 1. The van der Waals surface area contributed by atoms with E-state index in [-0.39, 0.29) is 44.3 Å². The van der Waals surface area contributed by atoms with E-state index in [0.717, 1.165) is 7.11 Å². The molecule has 1 aromatic carbocycles. The van der Waals surface area contributed by atoms with Crippen LogP contribution in [0.1, 0.15) is 19.8 Å². The highest BCUT2D eigenvalue weighted by Gasteiger charge is 2.56. The van der Waals surface area contributed by atoms with Gasteiger partial charge in [0.05, 0.1) is 6.54 Å². The van der Waals surface area contributed by atoms with Crippen molar-refractivity contribution in [2.75, 3.05) is 37.4 Å². The Kier molecular flexibility index (Phi) is 6.25. The number of rotatable bonds is 5. The number of ether oxygens (including phenoxy) is 1. The van der Waals surface area contributed by atoms with E-state index in [4.69, 9.17) is 4.74 Å². The lowest BCUT2D eigenvalue weighted by molar-refractivity contribution is -0.282. The summed E-state index contributed by atoms with van der Waals surface area (Å²) in [6, 6.07) is 6.63. The average molecular weight is 373 g/mol. The molecule has 26 heavy (non-hydrogen) atoms. The fraction of sp³-hybridized carbons (Fsp3) is 0.529. The molecule has 0 saturated carbocycles. The zero-order chi connectivity index (χ0) is 19.4. The molecule has 1 aromatic rings. The quantitative estimate of drug-likeness (QED) is 0.833. The van der Waals surface area contributed by atoms with Gasteiger partial charge in [0.1, 0.15) is 0 Å². The van der Waals surface area contributed by atoms with Crippen molar-refractivity contribution in [1.29, 1.82) is 0 Å². The first kappa shape index (κ1) is 20.2. The van der Waals surface area contributed by atoms with E-state index in [1.807, 2.05) is 0 Å². The number of nitrogens with one attached hydrogen (secondary N) is 2. The van der Waals surface area contributed by atoms with E-state index >= 15 is 0 Å². The van der Waals surface area contributed by atoms with Gasteiger partial charge in [0, 0.05) is 38.5 Å². The number of methoxy groups -OCH3 is 1. The normalized spacial score (nSPS) is 17.6. The molecule has 0 aliphatic carbocycles. The third-order valence-electron chi connectivity index (χ3n) is 4.41. The first-order valence-electron chi connectivity index (χ1n) is 8.17. The SMILES string of the molecule is COC1(C(F)(F)F)CCN(CC(=O)Nc2cccc(NC(C)=O)c2)CC1. The lowest BCUT2D eigenvalue weighted by Gasteiger charge is -2.41. The van der Waals surface area contributed by atoms with Crippen LogP contribution in [0, 0.1) is 0 Å². The molecule has 2 rings (SSSR count). The Morgan fingerprint density at radius 1 is 1.19 bits per heavy atom. The van der Waals surface area contributed by atoms with E-state index in [1.54, 1.807) is 29.2 Å². The molecule has 0 unspecified atom stereocenters. The fourth-order valence-corrected chi connectivity index (χ4v) is 2.96. The third kappa shape index (κ3) is 4.95. The number of carbonyl (C=O) groups excluding carboxylic acids is 2. The molecule has 6 nitrogen and oxygen atoms in total. The lowest BCUT2D eigenvalue weighted by atomic mass is 9.90. The molecule has 2 N–H and O–H groups in total. The van der Waals surface area contributed by atoms with Crippen molar-refractivity contribution in [3.8, 4) is 0 Å². The zero-order valence-corrected chi connectivity index (χ0v) is 14.7. The van der Waals surface area contributed by atoms with E-state index in [9.17, 15) is 22.8 Å². The van der Waals surface area contributed by atoms with Gasteiger partial charge in [-0.05, 0) is 31.0 Å². The van der Waals surface area contributed by atoms with Crippen molar-refractivity contribution in [3.05, 3.63) is 24.3 Å². The number of amides is 2. The molecular formula is C17H22F3N3O3. The van der Waals surface area contributed by atoms with Crippen LogP contribution in [-0.4, -0.2) is 55.2 Å². The van der Waals surface area contributed by atoms with Crippen LogP contribution in [0.3, 0.4) is 0 Å². The molecule has 1 fully saturated rings. The Hall–Kier alpha value is -2.13. The summed E-state index contributed by atoms with van der Waals surface area (Å²) in [6.45, 7) is 1.60. The minimum absolute atomic E-state index is 0.0119. The highest BCUT2D eigenvalue weighted by Crippen LogP contribution is 2.41. The summed E-state index contributed by atoms with van der Waals surface area (Å²) in [5, 5.41) is 5.29. The second kappa shape index (κ2) is 8.05. The molecule has 2 amide bonds. The van der Waals surface area contributed by atoms with Crippen molar-refractivity contribution in [2.24, 2.45) is 0 Å². The van der Waals surface area contributed by atoms with Gasteiger partial charge in [-0.25, -0.2) is 0 Å². The predicted octanol–water partition coefficient (Wildman–Crippen LogP) is 2.63. The third-order valence-corrected chi connectivity index (χ3v) is 4.41. The molecule has 144 valence electrons. The zero-order valence-electron chi connectivity index (χ0n) is 14.7. The van der Waals surface area contributed by atoms with E-state index in [0.29, 0.717) is 11.4 Å². The minimum Gasteiger partial charge on any atom is -0.369 e. The van der Waals surface area contributed by atoms with Gasteiger partial charge in [-0.1, -0.05) is 6.07 Å². The van der Waals surface area contributed by atoms with E-state index < -0.39 is 11.8 Å². The lowest BCUT2D eigenvalue weighted by Crippen LogP contribution is -2.55. The molecular weight excluding hydrogens is 351 g/mol. The maximum atomic E-state index is 13.1. The summed E-state index contributed by atoms with van der Waals surface area (Å²) in [7, 11) is 1.07. The van der Waals surface area contributed by atoms with E-state index in [2.05, 4.69) is 10.6 Å². The highest BCUT2D eigenvalue weighted by molar-refractivity contribution is 5.94. The van der Waals surface area contributed by atoms with Crippen molar-refractivity contribution in [1.82, 2.24) is 4.90 Å². The van der Waals surface area contributed by atoms with Gasteiger partial charge < -0.3 is 15.4 Å². The number of hydrogen-bond acceptors (Lipinski definition) is 4. The van der Waals surface area contributed by atoms with Crippen LogP contribution in [0.25, 0.3) is 0 Å². The summed E-state index contributed by atoms with van der Waals surface area (Å²) < 4.78 is 44.2. The number of nitrogens with zero attached hydrogens (tertiary/aromatic N) is 1. The molecule has 1 heterocycles. The number of anilines is 2. The van der Waals surface area contributed by atoms with Gasteiger partial charge in [0.15, 0.2) is 5.60 Å². The average Bonchev–Trinajstić information content (AvgIpc) is 2.54. The molecule has 0 spiro atoms. The number of halogens is 3. The van der Waals surface area contributed by atoms with Crippen LogP contribution in [-0.2, 0) is 14.3 Å². The summed E-state index contributed by atoms with van der Waals surface area (Å²) in [5.74, 6) is -0.560. The largest absolute Gasteiger partial charge is 0.417 e. The number of hydrogen-bond donors (Lipinski definition) is 2. The van der Waals surface area contributed by atoms with Crippen molar-refractivity contribution >= 4 is 23.2 Å². The molecule has 1 saturated heterocycles. The first-order chi connectivity index (χ1) is 12.1. The summed E-state index contributed by atoms with van der Waals surface area (Å²) >= 11 is 0. The number of carbonyl (C=O) groups is 2. The molecule has 0 radical (unpaired) electrons. The Balaban J connectivity index is 1.89. The Morgan fingerprint density at radius 2 is 1.77 bits per heavy atom. The molecule has 9 heteroatoms. The Morgan fingerprint density at radius 3 is 2.27 bits per heavy atom. The summed E-state index contributed by atoms with van der Waals surface area (Å²) in [5.41, 5.74) is -1.09. The fourth-order valence-electron chi connectivity index (χ4n) is 2.96. The van der Waals surface area contributed by atoms with Crippen LogP contribution >= 0.6 is 0 Å². The second-order valence-electron chi connectivity index (χ2n) is 6.28. The molecule has 0 atom stereocenters. The second-order valence-corrected chi connectivity index (χ2v) is 6.28. The standard InChI is InChI=1S/C17H22F3N3O3/c1-12(24)21-13-4-3-5-14(10-13)22-15(25)11-23-8-6-16(26-2,7-9-23)17(18,19)20/h3-5,10H,6-9,11H2,1-2H3,(H,21,24)(H,22,25). The first-order valence-corrected chi connectivity index (χ1v) is 8.17. The number of piperidine rings is 1. The maximum absolute atomic E-state index is 13.1. The molecule has 1 aliphatic rings. The van der Waals surface area contributed by atoms with E-state index in [1.165, 1.54) is 6.92 Å². The van der Waals surface area contributed by atoms with Crippen LogP contribution in [0.2, 0.25) is 0 Å². The molecule has 0 aromatic heterocycles. The molecule has 1 aliphatic heterocycles. The van der Waals surface area contributed by atoms with Crippen molar-refractivity contribution in [2.45, 2.75) is 31.5 Å². The number of likely N-dealkylation sites (tertiary alicyclic amines) is 1. The van der Waals surface area contributed by atoms with Gasteiger partial charge in [-0.15, -0.1) is 0 Å². The van der Waals surface area contributed by atoms with Crippen LogP contribution in [0.15, 0.2) is 24.3 Å². The Bertz CT molecular complexity index is 656. The highest BCUT2D eigenvalue weighted by atomic mass is 19.4. The van der Waals surface area contributed by atoms with Gasteiger partial charge >= 0.3 is 6.18 Å². The smallest absolute Gasteiger partial charge is 0.369 e. The molecule has 0 bridgehead atoms. The summed E-state index contributed by atoms with van der Waals surface area (Å²) in [4.78, 5) is 24.9. The monoisotopic (exact) mass is 373 g/mol. The van der Waals surface area contributed by atoms with Gasteiger partial charge in [-0.2, -0.15) is 13.2 Å². The van der Waals surface area contributed by atoms with Crippen LogP contribution < -0.4 is 10.6 Å². The maximum Gasteiger partial charge on any atom is 0.417 e. The van der Waals surface area contributed by atoms with Gasteiger partial charge in [0.2, 0.25) is 11.8 Å². The number of alkyl halides is 3. The Labute approximate surface area is 149 Å². The van der Waals surface area contributed by atoms with Gasteiger partial charge in [-0.3, -0.25) is 14.5 Å². The topological polar surface area (TPSA) is 70.7 Å². The summed E-state index contributed by atoms with van der Waals surface area (Å²) in [6.07, 6.45) is -4.85. The minimum atomic E-state index is -4.43. The van der Waals surface area contributed by atoms with Crippen LogP contribution in [0.4, 0.5) is 24.5 Å². The van der Waals surface area contributed by atoms with Crippen molar-refractivity contribution in [3.63, 3.8) is 0 Å². The van der Waals surface area contributed by atoms with Crippen molar-refractivity contribution < 1.29 is 27.5 Å². The van der Waals surface area contributed by atoms with Crippen LogP contribution in [0.5, 0.6) is 0 Å².